The molecule has 0 fully saturated rings. The summed E-state index contributed by atoms with van der Waals surface area (Å²) in [5, 5.41) is 0.344. The second-order valence-electron chi connectivity index (χ2n) is 5.93. The fourth-order valence-electron chi connectivity index (χ4n) is 2.78. The number of carbonyl (C=O) groups excluding carboxylic acids is 1. The van der Waals surface area contributed by atoms with Gasteiger partial charge in [-0.25, -0.2) is 8.96 Å². The van der Waals surface area contributed by atoms with Gasteiger partial charge in [0.15, 0.2) is 11.0 Å². The first-order valence-electron chi connectivity index (χ1n) is 7.74. The van der Waals surface area contributed by atoms with Crippen LogP contribution in [-0.2, 0) is 16.6 Å². The lowest BCUT2D eigenvalue weighted by Crippen LogP contribution is -2.37. The number of halogens is 3. The number of amides is 1. The number of nitrogens with one attached hydrogen (secondary N) is 1. The molecule has 1 N–H and O–H groups in total. The van der Waals surface area contributed by atoms with Gasteiger partial charge >= 0.3 is 10.2 Å². The smallest absolute Gasteiger partial charge is 0.309 e. The summed E-state index contributed by atoms with van der Waals surface area (Å²) in [5.74, 6) is 0.157. The molecule has 13 heteroatoms. The minimum atomic E-state index is -3.74. The molecular formula is C14H16Br2IN5O3S2. The van der Waals surface area contributed by atoms with Crippen molar-refractivity contribution in [2.75, 3.05) is 31.8 Å². The number of aromatic amines is 1. The van der Waals surface area contributed by atoms with E-state index in [-0.39, 0.29) is 5.91 Å². The van der Waals surface area contributed by atoms with Gasteiger partial charge in [0.25, 0.3) is 5.91 Å². The van der Waals surface area contributed by atoms with E-state index in [0.29, 0.717) is 46.4 Å². The molecule has 0 saturated carbocycles. The number of imidazole rings is 1. The molecule has 0 saturated heterocycles. The summed E-state index contributed by atoms with van der Waals surface area (Å²) < 4.78 is 30.2. The highest BCUT2D eigenvalue weighted by Gasteiger charge is 2.35. The van der Waals surface area contributed by atoms with E-state index in [4.69, 9.17) is 0 Å². The number of aromatic nitrogens is 3. The first kappa shape index (κ1) is 21.6. The number of nitrogens with zero attached hydrogens (tertiary/aromatic N) is 4. The van der Waals surface area contributed by atoms with Gasteiger partial charge in [0.2, 0.25) is 0 Å². The molecule has 0 aromatic carbocycles. The van der Waals surface area contributed by atoms with Crippen molar-refractivity contribution in [3.05, 3.63) is 24.0 Å². The molecule has 1 aliphatic rings. The summed E-state index contributed by atoms with van der Waals surface area (Å²) in [6.07, 6.45) is 2.96. The van der Waals surface area contributed by atoms with Crippen LogP contribution in [0.3, 0.4) is 0 Å². The van der Waals surface area contributed by atoms with E-state index < -0.39 is 10.2 Å². The molecule has 0 spiro atoms. The van der Waals surface area contributed by atoms with Gasteiger partial charge in [-0.15, -0.1) is 0 Å². The van der Waals surface area contributed by atoms with Crippen molar-refractivity contribution < 1.29 is 13.2 Å². The average Bonchev–Trinajstić information content (AvgIpc) is 3.13. The Morgan fingerprint density at radius 2 is 2.04 bits per heavy atom. The summed E-state index contributed by atoms with van der Waals surface area (Å²) >= 11 is 10.1. The van der Waals surface area contributed by atoms with Crippen LogP contribution in [0.15, 0.2) is 14.2 Å². The highest BCUT2D eigenvalue weighted by Crippen LogP contribution is 2.36. The summed E-state index contributed by atoms with van der Waals surface area (Å²) in [5.41, 5.74) is 0.963. The molecule has 2 aromatic heterocycles. The Morgan fingerprint density at radius 1 is 1.37 bits per heavy atom. The van der Waals surface area contributed by atoms with Crippen molar-refractivity contribution in [3.63, 3.8) is 0 Å². The maximum Gasteiger partial charge on any atom is 0.309 e. The van der Waals surface area contributed by atoms with Gasteiger partial charge in [0.05, 0.1) is 18.3 Å². The first-order chi connectivity index (χ1) is 12.6. The van der Waals surface area contributed by atoms with Crippen LogP contribution in [0, 0.1) is 3.57 Å². The molecule has 0 radical (unpaired) electrons. The number of carbonyl (C=O) groups is 1. The second kappa shape index (κ2) is 7.97. The van der Waals surface area contributed by atoms with Crippen LogP contribution < -0.4 is 4.90 Å². The van der Waals surface area contributed by atoms with Gasteiger partial charge in [0, 0.05) is 20.6 Å². The highest BCUT2D eigenvalue weighted by atomic mass is 127. The Kier molecular flexibility index (Phi) is 6.38. The lowest BCUT2D eigenvalue weighted by Gasteiger charge is -2.26. The van der Waals surface area contributed by atoms with Gasteiger partial charge in [-0.2, -0.15) is 12.7 Å². The van der Waals surface area contributed by atoms with Gasteiger partial charge in [-0.05, 0) is 73.5 Å². The minimum absolute atomic E-state index is 0.244. The summed E-state index contributed by atoms with van der Waals surface area (Å²) in [6.45, 7) is 0.475. The number of thioether (sulfide) groups is 1. The van der Waals surface area contributed by atoms with Crippen LogP contribution in [0.2, 0.25) is 0 Å². The van der Waals surface area contributed by atoms with E-state index in [9.17, 15) is 13.2 Å². The van der Waals surface area contributed by atoms with E-state index >= 15 is 0 Å². The molecule has 0 bridgehead atoms. The van der Waals surface area contributed by atoms with Crippen LogP contribution in [0.25, 0.3) is 0 Å². The van der Waals surface area contributed by atoms with Gasteiger partial charge in [-0.3, -0.25) is 9.69 Å². The minimum Gasteiger partial charge on any atom is -0.343 e. The van der Waals surface area contributed by atoms with Crippen molar-refractivity contribution >= 4 is 88.1 Å². The summed E-state index contributed by atoms with van der Waals surface area (Å²) in [4.78, 5) is 22.2. The Hall–Kier alpha value is -0.0900. The predicted molar refractivity (Wildman–Crippen MR) is 121 cm³/mol. The molecule has 1 aliphatic heterocycles. The molecular weight excluding hydrogens is 637 g/mol. The van der Waals surface area contributed by atoms with Crippen molar-refractivity contribution in [1.29, 1.82) is 0 Å². The zero-order valence-electron chi connectivity index (χ0n) is 14.6. The van der Waals surface area contributed by atoms with Gasteiger partial charge < -0.3 is 4.98 Å². The predicted octanol–water partition coefficient (Wildman–Crippen LogP) is 3.31. The zero-order valence-corrected chi connectivity index (χ0v) is 21.5. The maximum atomic E-state index is 13.2. The van der Waals surface area contributed by atoms with Gasteiger partial charge in [-0.1, -0.05) is 11.8 Å². The summed E-state index contributed by atoms with van der Waals surface area (Å²) in [7, 11) is -0.778. The molecule has 3 rings (SSSR count). The van der Waals surface area contributed by atoms with E-state index in [1.54, 1.807) is 11.2 Å². The molecule has 0 aliphatic carbocycles. The number of anilines is 1. The maximum absolute atomic E-state index is 13.2. The van der Waals surface area contributed by atoms with Crippen LogP contribution in [0.1, 0.15) is 22.6 Å². The fraction of sp³-hybridized carbons (Fsp3) is 0.429. The average molecular weight is 653 g/mol. The van der Waals surface area contributed by atoms with Crippen LogP contribution in [0.5, 0.6) is 0 Å². The molecule has 148 valence electrons. The van der Waals surface area contributed by atoms with Crippen molar-refractivity contribution in [2.45, 2.75) is 18.0 Å². The van der Waals surface area contributed by atoms with E-state index in [1.165, 1.54) is 29.8 Å². The third-order valence-electron chi connectivity index (χ3n) is 4.10. The number of hydrogen-bond acceptors (Lipinski definition) is 5. The molecule has 27 heavy (non-hydrogen) atoms. The van der Waals surface area contributed by atoms with E-state index in [1.807, 2.05) is 0 Å². The molecule has 3 heterocycles. The molecule has 8 nitrogen and oxygen atoms in total. The van der Waals surface area contributed by atoms with Crippen LogP contribution >= 0.6 is 66.2 Å². The largest absolute Gasteiger partial charge is 0.343 e. The quantitative estimate of drug-likeness (QED) is 0.405. The number of rotatable bonds is 4. The van der Waals surface area contributed by atoms with Crippen molar-refractivity contribution in [1.82, 2.24) is 18.2 Å². The third kappa shape index (κ3) is 3.63. The molecule has 1 amide bonds. The monoisotopic (exact) mass is 651 g/mol. The Bertz CT molecular complexity index is 1020. The lowest BCUT2D eigenvalue weighted by molar-refractivity contribution is 0.0979. The Labute approximate surface area is 192 Å². The summed E-state index contributed by atoms with van der Waals surface area (Å²) in [6, 6.07) is 0. The highest BCUT2D eigenvalue weighted by molar-refractivity contribution is 14.1. The zero-order chi connectivity index (χ0) is 20.1. The number of fused-ring (bicyclic) bond motifs is 1. The van der Waals surface area contributed by atoms with Crippen molar-refractivity contribution in [3.8, 4) is 0 Å². The Morgan fingerprint density at radius 3 is 2.56 bits per heavy atom. The van der Waals surface area contributed by atoms with Crippen LogP contribution in [0.4, 0.5) is 5.82 Å². The molecule has 2 aromatic rings. The van der Waals surface area contributed by atoms with Gasteiger partial charge in [0.1, 0.15) is 5.69 Å². The topological polar surface area (TPSA) is 91.3 Å². The normalized spacial score (nSPS) is 14.7. The van der Waals surface area contributed by atoms with Crippen molar-refractivity contribution in [2.24, 2.45) is 0 Å². The number of H-pyrrole nitrogens is 1. The van der Waals surface area contributed by atoms with E-state index in [0.717, 1.165) is 12.3 Å². The van der Waals surface area contributed by atoms with E-state index in [2.05, 4.69) is 64.4 Å². The fourth-order valence-corrected chi connectivity index (χ4v) is 6.46. The van der Waals surface area contributed by atoms with Crippen LogP contribution in [-0.4, -0.2) is 59.5 Å². The second-order valence-corrected chi connectivity index (χ2v) is 11.4. The first-order valence-corrected chi connectivity index (χ1v) is 13.0. The Balaban J connectivity index is 2.14. The standard InChI is InChI=1S/C14H16Br2IN5O3S2/c1-20(2)27(24,25)22-7-5-4-6-21(12(7)19-14(22)26-3)13(23)10-9(17)8(15)11(16)18-10/h18H,4-6H2,1-3H3. The number of hydrogen-bond donors (Lipinski definition) is 1. The lowest BCUT2D eigenvalue weighted by atomic mass is 10.1. The molecule has 0 atom stereocenters. The third-order valence-corrected chi connectivity index (χ3v) is 10.4. The molecule has 0 unspecified atom stereocenters. The SMILES string of the molecule is CSc1nc2c(n1S(=O)(=O)N(C)C)CCCN2C(=O)c1[nH]c(Br)c(Br)c1I.